The highest BCUT2D eigenvalue weighted by molar-refractivity contribution is 5.20. The van der Waals surface area contributed by atoms with Crippen molar-refractivity contribution in [3.63, 3.8) is 0 Å². The zero-order valence-electron chi connectivity index (χ0n) is 12.0. The van der Waals surface area contributed by atoms with E-state index in [0.29, 0.717) is 0 Å². The maximum Gasteiger partial charge on any atom is 0.120 e. The third kappa shape index (κ3) is 3.85. The summed E-state index contributed by atoms with van der Waals surface area (Å²) < 4.78 is 5.93. The van der Waals surface area contributed by atoms with E-state index < -0.39 is 0 Å². The Morgan fingerprint density at radius 1 is 1.44 bits per heavy atom. The molecule has 0 atom stereocenters. The monoisotopic (exact) mass is 250 g/mol. The average Bonchev–Trinajstić information content (AvgIpc) is 3.06. The third-order valence-electron chi connectivity index (χ3n) is 3.54. The van der Waals surface area contributed by atoms with Crippen LogP contribution in [0.2, 0.25) is 0 Å². The molecule has 0 radical (unpaired) electrons. The van der Waals surface area contributed by atoms with Crippen molar-refractivity contribution in [3.05, 3.63) is 23.2 Å². The summed E-state index contributed by atoms with van der Waals surface area (Å²) in [5.41, 5.74) is 1.27. The summed E-state index contributed by atoms with van der Waals surface area (Å²) in [6.45, 7) is 8.59. The molecule has 1 aliphatic rings. The first-order valence-corrected chi connectivity index (χ1v) is 7.18. The van der Waals surface area contributed by atoms with Crippen LogP contribution in [0.25, 0.3) is 0 Å². The quantitative estimate of drug-likeness (QED) is 0.769. The van der Waals surface area contributed by atoms with Gasteiger partial charge in [-0.25, -0.2) is 0 Å². The van der Waals surface area contributed by atoms with Crippen molar-refractivity contribution in [3.8, 4) is 0 Å². The van der Waals surface area contributed by atoms with Gasteiger partial charge in [0.2, 0.25) is 0 Å². The Bertz CT molecular complexity index is 369. The number of aryl methyl sites for hydroxylation is 1. The minimum atomic E-state index is 0.822. The first-order valence-electron chi connectivity index (χ1n) is 7.18. The van der Waals surface area contributed by atoms with Crippen LogP contribution in [-0.4, -0.2) is 25.0 Å². The SMILES string of the molecule is CCCN(Cc1cc(C)c(CNC)o1)CC1CC1. The van der Waals surface area contributed by atoms with Gasteiger partial charge in [0.25, 0.3) is 0 Å². The van der Waals surface area contributed by atoms with Crippen LogP contribution in [0.4, 0.5) is 0 Å². The Labute approximate surface area is 111 Å². The highest BCUT2D eigenvalue weighted by atomic mass is 16.3. The van der Waals surface area contributed by atoms with E-state index in [0.717, 1.165) is 30.5 Å². The Morgan fingerprint density at radius 3 is 2.83 bits per heavy atom. The van der Waals surface area contributed by atoms with Crippen LogP contribution >= 0.6 is 0 Å². The molecule has 1 aromatic rings. The van der Waals surface area contributed by atoms with Crippen LogP contribution in [0.15, 0.2) is 10.5 Å². The smallest absolute Gasteiger partial charge is 0.120 e. The van der Waals surface area contributed by atoms with Gasteiger partial charge in [0.15, 0.2) is 0 Å². The van der Waals surface area contributed by atoms with Gasteiger partial charge in [0, 0.05) is 6.54 Å². The first-order chi connectivity index (χ1) is 8.72. The number of nitrogens with zero attached hydrogens (tertiary/aromatic N) is 1. The van der Waals surface area contributed by atoms with Crippen LogP contribution < -0.4 is 5.32 Å². The van der Waals surface area contributed by atoms with E-state index in [4.69, 9.17) is 4.42 Å². The fourth-order valence-corrected chi connectivity index (χ4v) is 2.44. The third-order valence-corrected chi connectivity index (χ3v) is 3.54. The minimum Gasteiger partial charge on any atom is -0.463 e. The van der Waals surface area contributed by atoms with Crippen LogP contribution in [-0.2, 0) is 13.1 Å². The predicted molar refractivity (Wildman–Crippen MR) is 74.5 cm³/mol. The predicted octanol–water partition coefficient (Wildman–Crippen LogP) is 2.93. The van der Waals surface area contributed by atoms with Crippen molar-refractivity contribution < 1.29 is 4.42 Å². The van der Waals surface area contributed by atoms with Gasteiger partial charge in [0.1, 0.15) is 11.5 Å². The summed E-state index contributed by atoms with van der Waals surface area (Å²) in [4.78, 5) is 2.54. The van der Waals surface area contributed by atoms with Gasteiger partial charge in [-0.15, -0.1) is 0 Å². The van der Waals surface area contributed by atoms with E-state index in [-0.39, 0.29) is 0 Å². The maximum absolute atomic E-state index is 5.93. The molecule has 1 aliphatic carbocycles. The zero-order chi connectivity index (χ0) is 13.0. The Balaban J connectivity index is 1.93. The summed E-state index contributed by atoms with van der Waals surface area (Å²) in [5.74, 6) is 3.15. The number of nitrogens with one attached hydrogen (secondary N) is 1. The zero-order valence-corrected chi connectivity index (χ0v) is 12.0. The molecule has 0 saturated heterocycles. The van der Waals surface area contributed by atoms with E-state index in [1.165, 1.54) is 37.9 Å². The molecule has 0 unspecified atom stereocenters. The standard InChI is InChI=1S/C15H26N2O/c1-4-7-17(10-13-5-6-13)11-14-8-12(2)15(18-14)9-16-3/h8,13,16H,4-7,9-11H2,1-3H3. The molecule has 2 rings (SSSR count). The molecule has 1 N–H and O–H groups in total. The molecule has 102 valence electrons. The summed E-state index contributed by atoms with van der Waals surface area (Å²) in [6, 6.07) is 2.20. The van der Waals surface area contributed by atoms with Crippen LogP contribution in [0, 0.1) is 12.8 Å². The largest absolute Gasteiger partial charge is 0.463 e. The topological polar surface area (TPSA) is 28.4 Å². The lowest BCUT2D eigenvalue weighted by Crippen LogP contribution is -2.26. The molecular weight excluding hydrogens is 224 g/mol. The second-order valence-electron chi connectivity index (χ2n) is 5.53. The molecule has 0 amide bonds. The molecule has 18 heavy (non-hydrogen) atoms. The average molecular weight is 250 g/mol. The first kappa shape index (κ1) is 13.6. The Kier molecular flexibility index (Phi) is 4.84. The normalized spacial score (nSPS) is 15.6. The molecule has 1 heterocycles. The molecule has 1 saturated carbocycles. The van der Waals surface area contributed by atoms with Crippen molar-refractivity contribution in [2.75, 3.05) is 20.1 Å². The van der Waals surface area contributed by atoms with E-state index in [2.05, 4.69) is 30.1 Å². The fraction of sp³-hybridized carbons (Fsp3) is 0.733. The van der Waals surface area contributed by atoms with Crippen molar-refractivity contribution in [2.45, 2.75) is 46.2 Å². The number of rotatable bonds is 8. The highest BCUT2D eigenvalue weighted by Gasteiger charge is 2.24. The summed E-state index contributed by atoms with van der Waals surface area (Å²) >= 11 is 0. The van der Waals surface area contributed by atoms with Crippen LogP contribution in [0.5, 0.6) is 0 Å². The van der Waals surface area contributed by atoms with Gasteiger partial charge in [-0.1, -0.05) is 6.92 Å². The summed E-state index contributed by atoms with van der Waals surface area (Å²) in [5, 5.41) is 3.15. The van der Waals surface area contributed by atoms with Crippen molar-refractivity contribution in [1.82, 2.24) is 10.2 Å². The van der Waals surface area contributed by atoms with E-state index in [1.54, 1.807) is 0 Å². The summed E-state index contributed by atoms with van der Waals surface area (Å²) in [7, 11) is 1.96. The van der Waals surface area contributed by atoms with E-state index in [9.17, 15) is 0 Å². The lowest BCUT2D eigenvalue weighted by atomic mass is 10.2. The van der Waals surface area contributed by atoms with Crippen LogP contribution in [0.1, 0.15) is 43.3 Å². The number of furan rings is 1. The minimum absolute atomic E-state index is 0.822. The van der Waals surface area contributed by atoms with Crippen molar-refractivity contribution in [2.24, 2.45) is 5.92 Å². The lowest BCUT2D eigenvalue weighted by Gasteiger charge is -2.20. The molecule has 0 aromatic carbocycles. The van der Waals surface area contributed by atoms with Crippen molar-refractivity contribution >= 4 is 0 Å². The van der Waals surface area contributed by atoms with Gasteiger partial charge < -0.3 is 9.73 Å². The van der Waals surface area contributed by atoms with E-state index >= 15 is 0 Å². The van der Waals surface area contributed by atoms with Gasteiger partial charge in [-0.3, -0.25) is 4.90 Å². The second-order valence-corrected chi connectivity index (χ2v) is 5.53. The second kappa shape index (κ2) is 6.39. The number of hydrogen-bond donors (Lipinski definition) is 1. The Hall–Kier alpha value is -0.800. The molecule has 0 spiro atoms. The maximum atomic E-state index is 5.93. The molecule has 3 nitrogen and oxygen atoms in total. The molecule has 3 heteroatoms. The van der Waals surface area contributed by atoms with E-state index in [1.807, 2.05) is 7.05 Å². The van der Waals surface area contributed by atoms with Crippen LogP contribution in [0.3, 0.4) is 0 Å². The van der Waals surface area contributed by atoms with Crippen molar-refractivity contribution in [1.29, 1.82) is 0 Å². The summed E-state index contributed by atoms with van der Waals surface area (Å²) in [6.07, 6.45) is 4.06. The molecular formula is C15H26N2O. The Morgan fingerprint density at radius 2 is 2.22 bits per heavy atom. The highest BCUT2D eigenvalue weighted by Crippen LogP contribution is 2.30. The van der Waals surface area contributed by atoms with Gasteiger partial charge in [-0.05, 0) is 57.3 Å². The molecule has 0 aliphatic heterocycles. The fourth-order valence-electron chi connectivity index (χ4n) is 2.44. The lowest BCUT2D eigenvalue weighted by molar-refractivity contribution is 0.232. The van der Waals surface area contributed by atoms with Gasteiger partial charge in [0.05, 0.1) is 13.1 Å². The molecule has 0 bridgehead atoms. The molecule has 1 aromatic heterocycles. The van der Waals surface area contributed by atoms with Gasteiger partial charge >= 0.3 is 0 Å². The number of hydrogen-bond acceptors (Lipinski definition) is 3. The van der Waals surface area contributed by atoms with Gasteiger partial charge in [-0.2, -0.15) is 0 Å². The molecule has 1 fully saturated rings.